The van der Waals surface area contributed by atoms with Crippen LogP contribution in [-0.2, 0) is 33.3 Å². The highest BCUT2D eigenvalue weighted by Gasteiger charge is 2.40. The Bertz CT molecular complexity index is 1600. The number of fused-ring (bicyclic) bond motifs is 13. The van der Waals surface area contributed by atoms with Crippen LogP contribution in [0.25, 0.3) is 0 Å². The Hall–Kier alpha value is -3.75. The first-order valence-corrected chi connectivity index (χ1v) is 21.2. The molecule has 0 aromatic heterocycles. The van der Waals surface area contributed by atoms with Gasteiger partial charge in [0.1, 0.15) is 24.4 Å². The van der Waals surface area contributed by atoms with Crippen molar-refractivity contribution < 1.29 is 58.9 Å². The highest BCUT2D eigenvalue weighted by atomic mass is 16.6. The zero-order chi connectivity index (χ0) is 42.9. The van der Waals surface area contributed by atoms with Gasteiger partial charge in [0.05, 0.1) is 36.6 Å². The summed E-state index contributed by atoms with van der Waals surface area (Å²) in [7, 11) is 0. The maximum atomic E-state index is 13.1. The van der Waals surface area contributed by atoms with Gasteiger partial charge < -0.3 is 44.5 Å². The average molecular weight is 823 g/mol. The largest absolute Gasteiger partial charge is 0.481 e. The number of carbonyl (C=O) groups is 3. The minimum absolute atomic E-state index is 0.136. The van der Waals surface area contributed by atoms with E-state index in [-0.39, 0.29) is 48.9 Å². The monoisotopic (exact) mass is 822 g/mol. The third kappa shape index (κ3) is 15.7. The molecule has 326 valence electrons. The van der Waals surface area contributed by atoms with Crippen LogP contribution in [0.15, 0.2) is 96.7 Å². The molecule has 2 saturated heterocycles. The van der Waals surface area contributed by atoms with Gasteiger partial charge in [-0.25, -0.2) is 4.79 Å². The second-order valence-corrected chi connectivity index (χ2v) is 16.4. The second-order valence-electron chi connectivity index (χ2n) is 16.4. The van der Waals surface area contributed by atoms with E-state index in [1.165, 1.54) is 18.2 Å². The molecule has 0 saturated carbocycles. The topological polar surface area (TPSA) is 189 Å². The Morgan fingerprint density at radius 1 is 0.780 bits per heavy atom. The summed E-state index contributed by atoms with van der Waals surface area (Å²) < 4.78 is 24.7. The lowest BCUT2D eigenvalue weighted by Crippen LogP contribution is -2.50. The van der Waals surface area contributed by atoms with E-state index >= 15 is 0 Å². The van der Waals surface area contributed by atoms with Crippen LogP contribution < -0.4 is 0 Å². The number of aliphatic carboxylic acids is 1. The molecule has 5 heterocycles. The van der Waals surface area contributed by atoms with E-state index in [1.54, 1.807) is 30.4 Å². The lowest BCUT2D eigenvalue weighted by Gasteiger charge is -2.40. The molecule has 14 atom stereocenters. The Kier molecular flexibility index (Phi) is 19.9. The van der Waals surface area contributed by atoms with Crippen molar-refractivity contribution in [1.82, 2.24) is 0 Å². The number of aliphatic hydroxyl groups excluding tert-OH is 4. The molecule has 2 fully saturated rings. The summed E-state index contributed by atoms with van der Waals surface area (Å²) in [6.45, 7) is 7.75. The smallest absolute Gasteiger partial charge is 0.331 e. The Morgan fingerprint density at radius 3 is 2.27 bits per heavy atom. The van der Waals surface area contributed by atoms with Gasteiger partial charge in [-0.2, -0.15) is 0 Å². The quantitative estimate of drug-likeness (QED) is 0.115. The Morgan fingerprint density at radius 2 is 1.51 bits per heavy atom. The number of hydrogen-bond acceptors (Lipinski definition) is 11. The summed E-state index contributed by atoms with van der Waals surface area (Å²) in [6, 6.07) is 0. The van der Waals surface area contributed by atoms with Crippen LogP contribution in [-0.4, -0.2) is 110 Å². The first-order valence-electron chi connectivity index (χ1n) is 21.2. The number of aliphatic hydroxyl groups is 4. The van der Waals surface area contributed by atoms with E-state index in [0.29, 0.717) is 32.1 Å². The van der Waals surface area contributed by atoms with Gasteiger partial charge in [-0.15, -0.1) is 0 Å². The minimum Gasteiger partial charge on any atom is -0.481 e. The Labute approximate surface area is 349 Å². The molecular weight excluding hydrogens is 757 g/mol. The third-order valence-electron chi connectivity index (χ3n) is 11.5. The van der Waals surface area contributed by atoms with Crippen LogP contribution in [0.2, 0.25) is 0 Å². The summed E-state index contributed by atoms with van der Waals surface area (Å²) in [5.41, 5.74) is 0.905. The predicted octanol–water partition coefficient (Wildman–Crippen LogP) is 5.96. The summed E-state index contributed by atoms with van der Waals surface area (Å²) in [5.74, 6) is -2.03. The van der Waals surface area contributed by atoms with Crippen molar-refractivity contribution in [2.45, 2.75) is 159 Å². The number of allylic oxidation sites excluding steroid dienone is 7. The number of hydrogen-bond donors (Lipinski definition) is 5. The van der Waals surface area contributed by atoms with Gasteiger partial charge in [-0.3, -0.25) is 9.59 Å². The molecule has 6 bridgehead atoms. The van der Waals surface area contributed by atoms with Crippen LogP contribution in [0, 0.1) is 17.8 Å². The summed E-state index contributed by atoms with van der Waals surface area (Å²) in [5, 5.41) is 52.4. The predicted molar refractivity (Wildman–Crippen MR) is 224 cm³/mol. The molecule has 5 N–H and O–H groups in total. The van der Waals surface area contributed by atoms with Crippen molar-refractivity contribution in [2.24, 2.45) is 17.8 Å². The van der Waals surface area contributed by atoms with Gasteiger partial charge >= 0.3 is 11.9 Å². The molecule has 0 aromatic rings. The first-order chi connectivity index (χ1) is 28.2. The number of unbranched alkanes of at least 4 members (excludes halogenated alkanes) is 1. The molecule has 5 aliphatic rings. The molecule has 0 unspecified atom stereocenters. The van der Waals surface area contributed by atoms with Gasteiger partial charge in [0, 0.05) is 37.2 Å². The maximum absolute atomic E-state index is 13.1. The van der Waals surface area contributed by atoms with Crippen molar-refractivity contribution in [3.8, 4) is 0 Å². The van der Waals surface area contributed by atoms with Gasteiger partial charge in [0.2, 0.25) is 0 Å². The molecule has 0 radical (unpaired) electrons. The Balaban J connectivity index is 1.50. The minimum atomic E-state index is -1.24. The van der Waals surface area contributed by atoms with E-state index in [1.807, 2.05) is 57.2 Å². The van der Waals surface area contributed by atoms with Crippen LogP contribution in [0.4, 0.5) is 0 Å². The number of ether oxygens (including phenoxy) is 4. The van der Waals surface area contributed by atoms with Crippen molar-refractivity contribution in [3.63, 3.8) is 0 Å². The second kappa shape index (κ2) is 24.5. The number of carboxylic acids is 1. The summed E-state index contributed by atoms with van der Waals surface area (Å²) in [4.78, 5) is 36.9. The lowest BCUT2D eigenvalue weighted by molar-refractivity contribution is -0.175. The van der Waals surface area contributed by atoms with Crippen LogP contribution >= 0.6 is 0 Å². The fourth-order valence-corrected chi connectivity index (χ4v) is 7.79. The number of esters is 1. The molecule has 12 heteroatoms. The zero-order valence-corrected chi connectivity index (χ0v) is 34.9. The van der Waals surface area contributed by atoms with Gasteiger partial charge in [0.25, 0.3) is 0 Å². The fraction of sp³-hybridized carbons (Fsp3) is 0.596. The van der Waals surface area contributed by atoms with Crippen molar-refractivity contribution in [2.75, 3.05) is 0 Å². The molecular formula is C47H66O12. The molecule has 0 aromatic carbocycles. The molecule has 0 spiro atoms. The summed E-state index contributed by atoms with van der Waals surface area (Å²) in [6.07, 6.45) is 22.7. The number of carbonyl (C=O) groups excluding carboxylic acids is 2. The van der Waals surface area contributed by atoms with E-state index in [0.717, 1.165) is 18.4 Å². The maximum Gasteiger partial charge on any atom is 0.331 e. The first kappa shape index (κ1) is 47.9. The zero-order valence-electron chi connectivity index (χ0n) is 34.9. The molecule has 5 aliphatic heterocycles. The van der Waals surface area contributed by atoms with Gasteiger partial charge in [-0.05, 0) is 69.1 Å². The number of ketones is 1. The summed E-state index contributed by atoms with van der Waals surface area (Å²) >= 11 is 0. The van der Waals surface area contributed by atoms with E-state index in [4.69, 9.17) is 24.1 Å². The SMILES string of the molecule is C/C(=C\[C@H](C)CCCCC(=O)O)[C@@H]1O[C@@H]2C=C[C@H]1OC(=O)\C=C/C=C\C=C\C(=O)[C@H]1C[C@@H](O)[C@@H](C)[C@H](/C=C/C[C@H]3O[C@H](C[C@H](O)[C@H]3C)[C@@H](O)[C@@H](O)/C=C/CC/C=C/C2)O1. The average Bonchev–Trinajstić information content (AvgIpc) is 3.19. The van der Waals surface area contributed by atoms with E-state index in [9.17, 15) is 34.8 Å². The van der Waals surface area contributed by atoms with Gasteiger partial charge in [-0.1, -0.05) is 100 Å². The van der Waals surface area contributed by atoms with Crippen LogP contribution in [0.5, 0.6) is 0 Å². The van der Waals surface area contributed by atoms with Crippen molar-refractivity contribution >= 4 is 17.7 Å². The molecule has 12 nitrogen and oxygen atoms in total. The normalized spacial score (nSPS) is 39.5. The molecule has 59 heavy (non-hydrogen) atoms. The standard InChI is InChI=1S/C47H66O12/c1-30(17-14-15-23-44(52)53)27-31(2)47-41-26-25-34(56-47)18-10-6-5-7-12-20-36(49)46(55)43-29-38(51)33(4)40(58-43)22-16-21-39-32(3)37(50)28-42(57-39)35(48)19-11-8-9-13-24-45(54)59-41/h6,8-13,16,19-21,24-27,30,32-34,36-43,46-47,49-51,55H,5,7,14-15,17-18,22-23,28-29H2,1-4H3,(H,52,53)/b9-8-,10-6+,19-11+,20-12+,21-16+,24-13-,31-27+/t30-,32-,33-,34+,36+,37-,38+,39+,40-,41-,42-,43-,46+,47+/m1/s1. The van der Waals surface area contributed by atoms with E-state index in [2.05, 4.69) is 13.0 Å². The van der Waals surface area contributed by atoms with Crippen molar-refractivity contribution in [3.05, 3.63) is 96.7 Å². The van der Waals surface area contributed by atoms with E-state index < -0.39 is 73.0 Å². The fourth-order valence-electron chi connectivity index (χ4n) is 7.79. The van der Waals surface area contributed by atoms with Gasteiger partial charge in [0.15, 0.2) is 11.9 Å². The third-order valence-corrected chi connectivity index (χ3v) is 11.5. The highest BCUT2D eigenvalue weighted by molar-refractivity contribution is 5.94. The molecule has 0 aliphatic carbocycles. The highest BCUT2D eigenvalue weighted by Crippen LogP contribution is 2.32. The number of rotatable bonds is 7. The van der Waals surface area contributed by atoms with Crippen LogP contribution in [0.3, 0.4) is 0 Å². The number of carboxylic acid groups (broad SMARTS) is 1. The molecule has 5 rings (SSSR count). The van der Waals surface area contributed by atoms with Crippen molar-refractivity contribution in [1.29, 1.82) is 0 Å². The van der Waals surface area contributed by atoms with Crippen LogP contribution in [0.1, 0.15) is 91.9 Å². The molecule has 0 amide bonds. The lowest BCUT2D eigenvalue weighted by atomic mass is 9.85.